The van der Waals surface area contributed by atoms with Crippen molar-refractivity contribution >= 4 is 17.4 Å². The van der Waals surface area contributed by atoms with E-state index in [-0.39, 0.29) is 29.5 Å². The van der Waals surface area contributed by atoms with Crippen LogP contribution < -0.4 is 16.2 Å². The molecule has 7 nitrogen and oxygen atoms in total. The summed E-state index contributed by atoms with van der Waals surface area (Å²) in [4.78, 5) is 42.9. The van der Waals surface area contributed by atoms with Crippen LogP contribution in [0.25, 0.3) is 11.3 Å². The summed E-state index contributed by atoms with van der Waals surface area (Å²) in [6, 6.07) is 15.1. The first-order valence-corrected chi connectivity index (χ1v) is 11.5. The molecule has 0 fully saturated rings. The third-order valence-corrected chi connectivity index (χ3v) is 5.90. The fraction of sp³-hybridized carbons (Fsp3) is 0.143. The molecule has 2 heterocycles. The molecule has 0 saturated heterocycles. The number of halogens is 2. The molecule has 0 radical (unpaired) electrons. The smallest absolute Gasteiger partial charge is 0.275 e. The maximum absolute atomic E-state index is 13.5. The standard InChI is InChI=1S/C28H24F2N4O3/c1-17(31-2)27(36)33-24-11-12-25(19-3-7-22(29)8-4-19)34(28(24)37)16-18-13-21(15-32-14-18)26(35)20-5-9-23(30)10-6-20/h3-15,17,31H,16H2,1-2H3,(H,33,36)/t17-/m0/s1. The molecule has 1 atom stereocenters. The molecule has 0 saturated carbocycles. The number of carbonyl (C=O) groups excluding carboxylic acids is 2. The predicted octanol–water partition coefficient (Wildman–Crippen LogP) is 4.01. The molecule has 0 unspecified atom stereocenters. The number of aromatic nitrogens is 2. The van der Waals surface area contributed by atoms with Gasteiger partial charge in [0.1, 0.15) is 17.3 Å². The van der Waals surface area contributed by atoms with Crippen LogP contribution in [0.5, 0.6) is 0 Å². The number of rotatable bonds is 8. The van der Waals surface area contributed by atoms with Crippen molar-refractivity contribution in [2.45, 2.75) is 19.5 Å². The van der Waals surface area contributed by atoms with Gasteiger partial charge in [0.25, 0.3) is 5.56 Å². The van der Waals surface area contributed by atoms with Crippen molar-refractivity contribution < 1.29 is 18.4 Å². The number of benzene rings is 2. The maximum atomic E-state index is 13.5. The second kappa shape index (κ2) is 11.0. The minimum absolute atomic E-state index is 0.0222. The Morgan fingerprint density at radius 1 is 0.919 bits per heavy atom. The Kier molecular flexibility index (Phi) is 7.64. The number of hydrogen-bond donors (Lipinski definition) is 2. The number of nitrogens with one attached hydrogen (secondary N) is 2. The van der Waals surface area contributed by atoms with Gasteiger partial charge < -0.3 is 15.2 Å². The minimum Gasteiger partial charge on any atom is -0.320 e. The number of amides is 1. The van der Waals surface area contributed by atoms with Crippen LogP contribution in [0.1, 0.15) is 28.4 Å². The lowest BCUT2D eigenvalue weighted by Crippen LogP contribution is -2.37. The molecule has 0 aliphatic rings. The van der Waals surface area contributed by atoms with E-state index >= 15 is 0 Å². The summed E-state index contributed by atoms with van der Waals surface area (Å²) in [7, 11) is 1.63. The van der Waals surface area contributed by atoms with Crippen molar-refractivity contribution in [3.63, 3.8) is 0 Å². The first-order valence-electron chi connectivity index (χ1n) is 11.5. The van der Waals surface area contributed by atoms with Crippen LogP contribution in [0.2, 0.25) is 0 Å². The van der Waals surface area contributed by atoms with Crippen LogP contribution in [0.4, 0.5) is 14.5 Å². The van der Waals surface area contributed by atoms with E-state index in [0.717, 1.165) is 0 Å². The van der Waals surface area contributed by atoms with Gasteiger partial charge in [-0.2, -0.15) is 0 Å². The molecule has 4 aromatic rings. The molecule has 2 N–H and O–H groups in total. The molecular weight excluding hydrogens is 478 g/mol. The van der Waals surface area contributed by atoms with Crippen LogP contribution in [0.15, 0.2) is 83.9 Å². The minimum atomic E-state index is -0.525. The zero-order valence-corrected chi connectivity index (χ0v) is 20.2. The number of hydrogen-bond acceptors (Lipinski definition) is 5. The van der Waals surface area contributed by atoms with E-state index in [1.807, 2.05) is 0 Å². The Bertz CT molecular complexity index is 1500. The van der Waals surface area contributed by atoms with Crippen molar-refractivity contribution in [3.05, 3.63) is 118 Å². The average molecular weight is 503 g/mol. The van der Waals surface area contributed by atoms with Crippen LogP contribution in [-0.2, 0) is 11.3 Å². The highest BCUT2D eigenvalue weighted by atomic mass is 19.1. The lowest BCUT2D eigenvalue weighted by atomic mass is 10.0. The molecule has 2 aromatic carbocycles. The summed E-state index contributed by atoms with van der Waals surface area (Å²) >= 11 is 0. The Morgan fingerprint density at radius 3 is 2.22 bits per heavy atom. The molecule has 37 heavy (non-hydrogen) atoms. The fourth-order valence-electron chi connectivity index (χ4n) is 3.72. The third-order valence-electron chi connectivity index (χ3n) is 5.90. The third kappa shape index (κ3) is 5.84. The van der Waals surface area contributed by atoms with Crippen LogP contribution in [0, 0.1) is 11.6 Å². The summed E-state index contributed by atoms with van der Waals surface area (Å²) < 4.78 is 28.2. The van der Waals surface area contributed by atoms with Crippen molar-refractivity contribution in [2.24, 2.45) is 0 Å². The summed E-state index contributed by atoms with van der Waals surface area (Å²) in [5.74, 6) is -1.59. The summed E-state index contributed by atoms with van der Waals surface area (Å²) in [6.07, 6.45) is 2.92. The van der Waals surface area contributed by atoms with Crippen molar-refractivity contribution in [3.8, 4) is 11.3 Å². The molecular formula is C28H24F2N4O3. The van der Waals surface area contributed by atoms with Gasteiger partial charge in [0.15, 0.2) is 5.78 Å². The maximum Gasteiger partial charge on any atom is 0.275 e. The zero-order chi connectivity index (χ0) is 26.5. The van der Waals surface area contributed by atoms with E-state index in [9.17, 15) is 23.2 Å². The van der Waals surface area contributed by atoms with Gasteiger partial charge in [-0.05, 0) is 91.8 Å². The molecule has 0 bridgehead atoms. The molecule has 0 spiro atoms. The van der Waals surface area contributed by atoms with E-state index in [2.05, 4.69) is 15.6 Å². The number of likely N-dealkylation sites (N-methyl/N-ethyl adjacent to an activating group) is 1. The van der Waals surface area contributed by atoms with E-state index < -0.39 is 23.2 Å². The Labute approximate surface area is 211 Å². The molecule has 9 heteroatoms. The van der Waals surface area contributed by atoms with Gasteiger partial charge in [-0.25, -0.2) is 8.78 Å². The summed E-state index contributed by atoms with van der Waals surface area (Å²) in [5, 5.41) is 5.45. The molecule has 4 rings (SSSR count). The van der Waals surface area contributed by atoms with Gasteiger partial charge >= 0.3 is 0 Å². The fourth-order valence-corrected chi connectivity index (χ4v) is 3.72. The van der Waals surface area contributed by atoms with Gasteiger partial charge in [0.05, 0.1) is 18.3 Å². The first kappa shape index (κ1) is 25.6. The van der Waals surface area contributed by atoms with Crippen molar-refractivity contribution in [2.75, 3.05) is 12.4 Å². The number of anilines is 1. The molecule has 2 aromatic heterocycles. The van der Waals surface area contributed by atoms with Gasteiger partial charge in [-0.3, -0.25) is 19.4 Å². The number of nitrogens with zero attached hydrogens (tertiary/aromatic N) is 2. The molecule has 1 amide bonds. The van der Waals surface area contributed by atoms with Crippen LogP contribution >= 0.6 is 0 Å². The van der Waals surface area contributed by atoms with Gasteiger partial charge in [-0.15, -0.1) is 0 Å². The van der Waals surface area contributed by atoms with E-state index in [0.29, 0.717) is 22.4 Å². The molecule has 188 valence electrons. The normalized spacial score (nSPS) is 11.7. The van der Waals surface area contributed by atoms with E-state index in [1.165, 1.54) is 59.4 Å². The highest BCUT2D eigenvalue weighted by molar-refractivity contribution is 6.08. The Balaban J connectivity index is 1.74. The Hall–Kier alpha value is -4.50. The highest BCUT2D eigenvalue weighted by Gasteiger charge is 2.17. The SMILES string of the molecule is CN[C@@H](C)C(=O)Nc1ccc(-c2ccc(F)cc2)n(Cc2cncc(C(=O)c3ccc(F)cc3)c2)c1=O. The lowest BCUT2D eigenvalue weighted by molar-refractivity contribution is -0.117. The average Bonchev–Trinajstić information content (AvgIpc) is 2.91. The quantitative estimate of drug-likeness (QED) is 0.355. The largest absolute Gasteiger partial charge is 0.320 e. The number of ketones is 1. The van der Waals surface area contributed by atoms with E-state index in [1.54, 1.807) is 38.2 Å². The summed E-state index contributed by atoms with van der Waals surface area (Å²) in [5.41, 5.74) is 1.79. The lowest BCUT2D eigenvalue weighted by Gasteiger charge is -2.17. The topological polar surface area (TPSA) is 93.1 Å². The van der Waals surface area contributed by atoms with Crippen LogP contribution in [-0.4, -0.2) is 34.3 Å². The first-order chi connectivity index (χ1) is 17.8. The van der Waals surface area contributed by atoms with Crippen molar-refractivity contribution in [1.29, 1.82) is 0 Å². The molecule has 0 aliphatic heterocycles. The van der Waals surface area contributed by atoms with Gasteiger partial charge in [0, 0.05) is 23.5 Å². The Morgan fingerprint density at radius 2 is 1.57 bits per heavy atom. The molecule has 0 aliphatic carbocycles. The number of carbonyl (C=O) groups is 2. The summed E-state index contributed by atoms with van der Waals surface area (Å²) in [6.45, 7) is 1.68. The highest BCUT2D eigenvalue weighted by Crippen LogP contribution is 2.22. The second-order valence-electron chi connectivity index (χ2n) is 8.45. The number of pyridine rings is 2. The predicted molar refractivity (Wildman–Crippen MR) is 136 cm³/mol. The van der Waals surface area contributed by atoms with Crippen LogP contribution in [0.3, 0.4) is 0 Å². The van der Waals surface area contributed by atoms with Gasteiger partial charge in [0.2, 0.25) is 5.91 Å². The van der Waals surface area contributed by atoms with Crippen molar-refractivity contribution in [1.82, 2.24) is 14.9 Å². The van der Waals surface area contributed by atoms with Gasteiger partial charge in [-0.1, -0.05) is 0 Å². The second-order valence-corrected chi connectivity index (χ2v) is 8.45. The monoisotopic (exact) mass is 502 g/mol. The van der Waals surface area contributed by atoms with E-state index in [4.69, 9.17) is 0 Å². The zero-order valence-electron chi connectivity index (χ0n) is 20.2.